The van der Waals surface area contributed by atoms with Gasteiger partial charge < -0.3 is 15.3 Å². The summed E-state index contributed by atoms with van der Waals surface area (Å²) in [5, 5.41) is 15.6. The smallest absolute Gasteiger partial charge is 0.344 e. The summed E-state index contributed by atoms with van der Waals surface area (Å²) in [5.41, 5.74) is 1.25. The van der Waals surface area contributed by atoms with Crippen molar-refractivity contribution in [1.82, 2.24) is 0 Å². The van der Waals surface area contributed by atoms with Crippen molar-refractivity contribution in [2.45, 2.75) is 109 Å². The van der Waals surface area contributed by atoms with Gasteiger partial charge in [-0.25, -0.2) is 4.79 Å². The average molecular weight is 511 g/mol. The number of allylic oxidation sites excluding steroid dienone is 4. The van der Waals surface area contributed by atoms with Crippen molar-refractivity contribution in [3.8, 4) is 0 Å². The molecule has 1 aliphatic rings. The third-order valence-corrected chi connectivity index (χ3v) is 6.86. The Bertz CT molecular complexity index is 876. The molecule has 37 heavy (non-hydrogen) atoms. The second kappa shape index (κ2) is 18.4. The molecule has 2 rings (SSSR count). The molecule has 0 spiro atoms. The highest BCUT2D eigenvalue weighted by Crippen LogP contribution is 2.32. The summed E-state index contributed by atoms with van der Waals surface area (Å²) in [6, 6.07) is 7.73. The first-order chi connectivity index (χ1) is 18.1. The van der Waals surface area contributed by atoms with Crippen LogP contribution in [-0.2, 0) is 19.8 Å². The van der Waals surface area contributed by atoms with Crippen molar-refractivity contribution in [1.29, 1.82) is 0 Å². The number of carbonyl (C=O) groups excluding carboxylic acids is 1. The van der Waals surface area contributed by atoms with Gasteiger partial charge in [0.15, 0.2) is 0 Å². The molecule has 6 heteroatoms. The van der Waals surface area contributed by atoms with Gasteiger partial charge in [0.1, 0.15) is 0 Å². The number of benzene rings is 1. The standard InChI is InChI=1S/C31H46N2O4/c1-2-3-4-5-6-7-8-9-10-11-12-13-15-18-29(34)33-28-21-19-27(20-22-28)31(23-16-14-17-24-31)26-32-37-25-30(35)36/h14,16-17,19-23,26H,2-13,15,18,24-25H2,1H3,(H,33,34)(H,35,36). The third kappa shape index (κ3) is 12.8. The molecule has 1 unspecified atom stereocenters. The van der Waals surface area contributed by atoms with Crippen molar-refractivity contribution < 1.29 is 19.5 Å². The first-order valence-corrected chi connectivity index (χ1v) is 14.2. The molecule has 1 amide bonds. The molecular formula is C31H46N2O4. The lowest BCUT2D eigenvalue weighted by atomic mass is 9.76. The first kappa shape index (κ1) is 30.3. The van der Waals surface area contributed by atoms with E-state index in [-0.39, 0.29) is 5.91 Å². The molecule has 0 aliphatic heterocycles. The maximum absolute atomic E-state index is 12.4. The largest absolute Gasteiger partial charge is 0.479 e. The Morgan fingerprint density at radius 2 is 1.51 bits per heavy atom. The van der Waals surface area contributed by atoms with Crippen molar-refractivity contribution in [3.63, 3.8) is 0 Å². The Balaban J connectivity index is 1.64. The van der Waals surface area contributed by atoms with Gasteiger partial charge in [-0.1, -0.05) is 126 Å². The lowest BCUT2D eigenvalue weighted by molar-refractivity contribution is -0.142. The zero-order valence-electron chi connectivity index (χ0n) is 22.6. The highest BCUT2D eigenvalue weighted by atomic mass is 16.6. The fourth-order valence-electron chi connectivity index (χ4n) is 4.64. The average Bonchev–Trinajstić information content (AvgIpc) is 2.90. The maximum Gasteiger partial charge on any atom is 0.344 e. The van der Waals surface area contributed by atoms with Gasteiger partial charge >= 0.3 is 5.97 Å². The summed E-state index contributed by atoms with van der Waals surface area (Å²) in [4.78, 5) is 27.9. The third-order valence-electron chi connectivity index (χ3n) is 6.86. The zero-order valence-corrected chi connectivity index (χ0v) is 22.6. The number of oxime groups is 1. The van der Waals surface area contributed by atoms with Gasteiger partial charge in [-0.15, -0.1) is 0 Å². The van der Waals surface area contributed by atoms with Crippen LogP contribution in [0.25, 0.3) is 0 Å². The first-order valence-electron chi connectivity index (χ1n) is 14.2. The molecule has 0 aromatic heterocycles. The lowest BCUT2D eigenvalue weighted by Crippen LogP contribution is -2.26. The number of aliphatic carboxylic acids is 1. The van der Waals surface area contributed by atoms with Crippen molar-refractivity contribution in [2.75, 3.05) is 11.9 Å². The molecule has 1 aromatic rings. The van der Waals surface area contributed by atoms with E-state index >= 15 is 0 Å². The van der Waals surface area contributed by atoms with E-state index in [2.05, 4.69) is 17.4 Å². The molecule has 2 N–H and O–H groups in total. The molecule has 1 aliphatic carbocycles. The molecule has 1 atom stereocenters. The zero-order chi connectivity index (χ0) is 26.6. The number of hydrogen-bond donors (Lipinski definition) is 2. The predicted octanol–water partition coefficient (Wildman–Crippen LogP) is 7.95. The molecule has 0 saturated carbocycles. The summed E-state index contributed by atoms with van der Waals surface area (Å²) < 4.78 is 0. The molecule has 0 saturated heterocycles. The SMILES string of the molecule is CCCCCCCCCCCCCCCC(=O)Nc1ccc(C2(C=NOCC(=O)O)C=CC=CC2)cc1. The van der Waals surface area contributed by atoms with E-state index in [1.807, 2.05) is 48.6 Å². The van der Waals surface area contributed by atoms with Crippen LogP contribution in [0.2, 0.25) is 0 Å². The molecule has 0 fully saturated rings. The van der Waals surface area contributed by atoms with E-state index in [4.69, 9.17) is 9.94 Å². The summed E-state index contributed by atoms with van der Waals surface area (Å²) in [5.74, 6) is -1.01. The van der Waals surface area contributed by atoms with Gasteiger partial charge in [0, 0.05) is 12.1 Å². The number of carbonyl (C=O) groups is 2. The van der Waals surface area contributed by atoms with Gasteiger partial charge in [-0.05, 0) is 30.5 Å². The fourth-order valence-corrected chi connectivity index (χ4v) is 4.64. The van der Waals surface area contributed by atoms with E-state index < -0.39 is 18.0 Å². The summed E-state index contributed by atoms with van der Waals surface area (Å²) in [7, 11) is 0. The number of nitrogens with zero attached hydrogens (tertiary/aromatic N) is 1. The molecule has 6 nitrogen and oxygen atoms in total. The van der Waals surface area contributed by atoms with Crippen LogP contribution in [0.3, 0.4) is 0 Å². The Hall–Kier alpha value is -2.89. The van der Waals surface area contributed by atoms with Gasteiger partial charge in [0.25, 0.3) is 0 Å². The van der Waals surface area contributed by atoms with Crippen LogP contribution < -0.4 is 5.32 Å². The van der Waals surface area contributed by atoms with Crippen LogP contribution >= 0.6 is 0 Å². The number of carboxylic acids is 1. The van der Waals surface area contributed by atoms with Crippen LogP contribution in [-0.4, -0.2) is 29.8 Å². The number of nitrogens with one attached hydrogen (secondary N) is 1. The lowest BCUT2D eigenvalue weighted by Gasteiger charge is -2.27. The quantitative estimate of drug-likeness (QED) is 0.106. The topological polar surface area (TPSA) is 88.0 Å². The van der Waals surface area contributed by atoms with Gasteiger partial charge in [0.2, 0.25) is 12.5 Å². The number of amides is 1. The second-order valence-corrected chi connectivity index (χ2v) is 10.1. The number of carboxylic acid groups (broad SMARTS) is 1. The number of anilines is 1. The monoisotopic (exact) mass is 510 g/mol. The van der Waals surface area contributed by atoms with Crippen molar-refractivity contribution in [3.05, 3.63) is 54.1 Å². The second-order valence-electron chi connectivity index (χ2n) is 10.1. The summed E-state index contributed by atoms with van der Waals surface area (Å²) in [6.45, 7) is 1.79. The van der Waals surface area contributed by atoms with E-state index in [0.717, 1.165) is 24.1 Å². The number of unbranched alkanes of at least 4 members (excludes halogenated alkanes) is 12. The van der Waals surface area contributed by atoms with Crippen LogP contribution in [0.15, 0.2) is 53.7 Å². The minimum Gasteiger partial charge on any atom is -0.479 e. The minimum atomic E-state index is -1.07. The predicted molar refractivity (Wildman–Crippen MR) is 152 cm³/mol. The highest BCUT2D eigenvalue weighted by molar-refractivity contribution is 5.90. The van der Waals surface area contributed by atoms with E-state index in [1.165, 1.54) is 70.6 Å². The van der Waals surface area contributed by atoms with Crippen molar-refractivity contribution in [2.24, 2.45) is 5.16 Å². The molecule has 1 aromatic carbocycles. The molecule has 0 radical (unpaired) electrons. The Morgan fingerprint density at radius 3 is 2.05 bits per heavy atom. The molecule has 0 heterocycles. The minimum absolute atomic E-state index is 0.0506. The van der Waals surface area contributed by atoms with E-state index in [9.17, 15) is 9.59 Å². The van der Waals surface area contributed by atoms with Gasteiger partial charge in [0.05, 0.1) is 11.6 Å². The highest BCUT2D eigenvalue weighted by Gasteiger charge is 2.28. The van der Waals surface area contributed by atoms with E-state index in [0.29, 0.717) is 12.8 Å². The summed E-state index contributed by atoms with van der Waals surface area (Å²) >= 11 is 0. The maximum atomic E-state index is 12.4. The summed E-state index contributed by atoms with van der Waals surface area (Å²) in [6.07, 6.45) is 27.6. The Labute approximate surface area is 223 Å². The normalized spacial score (nSPS) is 16.8. The number of rotatable bonds is 20. The fraction of sp³-hybridized carbons (Fsp3) is 0.581. The van der Waals surface area contributed by atoms with Crippen LogP contribution in [0.1, 0.15) is 109 Å². The van der Waals surface area contributed by atoms with Crippen LogP contribution in [0, 0.1) is 0 Å². The van der Waals surface area contributed by atoms with Gasteiger partial charge in [-0.2, -0.15) is 0 Å². The number of hydrogen-bond acceptors (Lipinski definition) is 4. The van der Waals surface area contributed by atoms with Crippen LogP contribution in [0.4, 0.5) is 5.69 Å². The van der Waals surface area contributed by atoms with Crippen LogP contribution in [0.5, 0.6) is 0 Å². The molecule has 204 valence electrons. The van der Waals surface area contributed by atoms with E-state index in [1.54, 1.807) is 6.21 Å². The molecular weight excluding hydrogens is 464 g/mol. The molecule has 0 bridgehead atoms. The Kier molecular flexibility index (Phi) is 15.1. The Morgan fingerprint density at radius 1 is 0.919 bits per heavy atom. The van der Waals surface area contributed by atoms with Crippen molar-refractivity contribution >= 4 is 23.8 Å². The van der Waals surface area contributed by atoms with Gasteiger partial charge in [-0.3, -0.25) is 4.79 Å².